The molecule has 0 saturated heterocycles. The lowest BCUT2D eigenvalue weighted by Gasteiger charge is -1.90. The van der Waals surface area contributed by atoms with Gasteiger partial charge in [0, 0.05) is 11.9 Å². The second-order valence-corrected chi connectivity index (χ2v) is 1.67. The Bertz CT molecular complexity index is 65.9. The van der Waals surface area contributed by atoms with Crippen molar-refractivity contribution < 1.29 is 4.48 Å². The van der Waals surface area contributed by atoms with E-state index in [2.05, 4.69) is 4.99 Å². The largest absolute Gasteiger partial charge is 0.266 e. The molecule has 34 valence electrons. The summed E-state index contributed by atoms with van der Waals surface area (Å²) in [7, 11) is 0. The second kappa shape index (κ2) is 1.57. The van der Waals surface area contributed by atoms with Crippen LogP contribution in [-0.2, 0) is 0 Å². The molecular weight excluding hydrogens is 103 g/mol. The molecule has 0 aromatic carbocycles. The van der Waals surface area contributed by atoms with Gasteiger partial charge in [-0.1, -0.05) is 4.53 Å². The van der Waals surface area contributed by atoms with Gasteiger partial charge in [0.1, 0.15) is 6.67 Å². The first-order chi connectivity index (χ1) is 2.89. The van der Waals surface area contributed by atoms with Crippen LogP contribution < -0.4 is 0 Å². The van der Waals surface area contributed by atoms with E-state index in [1.165, 1.54) is 5.55 Å². The van der Waals surface area contributed by atoms with Gasteiger partial charge in [-0.15, -0.1) is 4.48 Å². The van der Waals surface area contributed by atoms with E-state index in [0.717, 1.165) is 11.9 Å². The quantitative estimate of drug-likeness (QED) is 0.335. The van der Waals surface area contributed by atoms with E-state index in [1.807, 2.05) is 0 Å². The topological polar surface area (TPSA) is 15.6 Å². The van der Waals surface area contributed by atoms with Crippen LogP contribution in [0.2, 0.25) is 0 Å². The molecule has 1 heterocycles. The first kappa shape index (κ1) is 4.08. The van der Waals surface area contributed by atoms with E-state index in [-0.39, 0.29) is 6.67 Å². The molecular formula is C2H3FN2S. The molecule has 0 fully saturated rings. The molecule has 0 unspecified atom stereocenters. The Morgan fingerprint density at radius 1 is 2.00 bits per heavy atom. The minimum atomic E-state index is 0.185. The maximum atomic E-state index is 11.6. The van der Waals surface area contributed by atoms with E-state index in [4.69, 9.17) is 0 Å². The van der Waals surface area contributed by atoms with Crippen molar-refractivity contribution in [3.63, 3.8) is 0 Å². The zero-order chi connectivity index (χ0) is 4.41. The highest BCUT2D eigenvalue weighted by molar-refractivity contribution is 8.10. The molecule has 0 radical (unpaired) electrons. The molecule has 0 N–H and O–H groups in total. The maximum Gasteiger partial charge on any atom is 0.132 e. The second-order valence-electron chi connectivity index (χ2n) is 0.852. The third kappa shape index (κ3) is 0.693. The van der Waals surface area contributed by atoms with Crippen molar-refractivity contribution in [2.75, 3.05) is 6.67 Å². The normalized spacial score (nSPS) is 22.8. The van der Waals surface area contributed by atoms with Gasteiger partial charge in [-0.2, -0.15) is 0 Å². The fourth-order valence-corrected chi connectivity index (χ4v) is 0.584. The van der Waals surface area contributed by atoms with Crippen LogP contribution in [0.3, 0.4) is 0 Å². The fraction of sp³-hybridized carbons (Fsp3) is 0.500. The number of hydrogen-bond acceptors (Lipinski definition) is 3. The maximum absolute atomic E-state index is 11.6. The van der Waals surface area contributed by atoms with Gasteiger partial charge in [0.2, 0.25) is 0 Å². The summed E-state index contributed by atoms with van der Waals surface area (Å²) in [5.74, 6) is 0. The number of aliphatic imine (C=N–C) groups is 1. The third-order valence-electron chi connectivity index (χ3n) is 0.429. The molecule has 0 saturated carbocycles. The van der Waals surface area contributed by atoms with Crippen molar-refractivity contribution in [3.8, 4) is 0 Å². The first-order valence-corrected chi connectivity index (χ1v) is 2.31. The zero-order valence-corrected chi connectivity index (χ0v) is 3.78. The van der Waals surface area contributed by atoms with Gasteiger partial charge in [-0.25, -0.2) is 0 Å². The van der Waals surface area contributed by atoms with Gasteiger partial charge < -0.3 is 0 Å². The van der Waals surface area contributed by atoms with Crippen LogP contribution in [0.4, 0.5) is 4.48 Å². The molecule has 0 amide bonds. The van der Waals surface area contributed by atoms with Crippen LogP contribution in [0.1, 0.15) is 0 Å². The predicted molar refractivity (Wildman–Crippen MR) is 23.9 cm³/mol. The number of nitrogens with zero attached hydrogens (tertiary/aromatic N) is 2. The molecule has 0 bridgehead atoms. The van der Waals surface area contributed by atoms with Crippen LogP contribution in [0.15, 0.2) is 4.99 Å². The van der Waals surface area contributed by atoms with Crippen LogP contribution in [0.5, 0.6) is 0 Å². The number of hydrogen-bond donors (Lipinski definition) is 0. The van der Waals surface area contributed by atoms with E-state index in [9.17, 15) is 4.48 Å². The lowest BCUT2D eigenvalue weighted by Crippen LogP contribution is -1.94. The van der Waals surface area contributed by atoms with Crippen LogP contribution in [-0.4, -0.2) is 16.7 Å². The monoisotopic (exact) mass is 106 g/mol. The Morgan fingerprint density at radius 3 is 3.00 bits per heavy atom. The molecule has 1 rings (SSSR count). The lowest BCUT2D eigenvalue weighted by molar-refractivity contribution is 0.171. The van der Waals surface area contributed by atoms with E-state index in [1.54, 1.807) is 0 Å². The molecule has 0 aliphatic carbocycles. The van der Waals surface area contributed by atoms with Crippen LogP contribution in [0.25, 0.3) is 0 Å². The SMILES string of the molecule is FN1CN=CS1. The Morgan fingerprint density at radius 2 is 2.83 bits per heavy atom. The molecule has 1 aliphatic heterocycles. The smallest absolute Gasteiger partial charge is 0.132 e. The average Bonchev–Trinajstić information content (AvgIpc) is 1.86. The van der Waals surface area contributed by atoms with Gasteiger partial charge in [-0.3, -0.25) is 4.99 Å². The molecule has 0 spiro atoms. The van der Waals surface area contributed by atoms with Crippen LogP contribution in [0, 0.1) is 0 Å². The Kier molecular flexibility index (Phi) is 1.07. The predicted octanol–water partition coefficient (Wildman–Crippen LogP) is 0.821. The van der Waals surface area contributed by atoms with Crippen molar-refractivity contribution in [2.24, 2.45) is 4.99 Å². The molecule has 2 nitrogen and oxygen atoms in total. The molecule has 0 aromatic rings. The summed E-state index contributed by atoms with van der Waals surface area (Å²) in [5, 5.41) is 0. The fourth-order valence-electron chi connectivity index (χ4n) is 0.215. The summed E-state index contributed by atoms with van der Waals surface area (Å²) < 4.78 is 12.2. The highest BCUT2D eigenvalue weighted by atomic mass is 32.2. The minimum Gasteiger partial charge on any atom is -0.266 e. The minimum absolute atomic E-state index is 0.185. The third-order valence-corrected chi connectivity index (χ3v) is 1.02. The molecule has 0 atom stereocenters. The van der Waals surface area contributed by atoms with Crippen molar-refractivity contribution >= 4 is 17.5 Å². The number of rotatable bonds is 0. The standard InChI is InChI=1S/C2H3FN2S/c3-5-1-4-2-6-5/h2H,1H2. The van der Waals surface area contributed by atoms with Crippen molar-refractivity contribution in [2.45, 2.75) is 0 Å². The van der Waals surface area contributed by atoms with E-state index >= 15 is 0 Å². The summed E-state index contributed by atoms with van der Waals surface area (Å²) in [6.07, 6.45) is 0. The van der Waals surface area contributed by atoms with Gasteiger partial charge in [0.15, 0.2) is 0 Å². The average molecular weight is 106 g/mol. The lowest BCUT2D eigenvalue weighted by atomic mass is 11.2. The Labute approximate surface area is 39.1 Å². The van der Waals surface area contributed by atoms with Crippen molar-refractivity contribution in [1.29, 1.82) is 0 Å². The molecule has 6 heavy (non-hydrogen) atoms. The Balaban J connectivity index is 2.32. The molecule has 1 aliphatic rings. The molecule has 0 aromatic heterocycles. The summed E-state index contributed by atoms with van der Waals surface area (Å²) in [6, 6.07) is 0. The Hall–Kier alpha value is -0.0900. The zero-order valence-electron chi connectivity index (χ0n) is 2.97. The summed E-state index contributed by atoms with van der Waals surface area (Å²) in [4.78, 5) is 3.55. The van der Waals surface area contributed by atoms with E-state index < -0.39 is 0 Å². The summed E-state index contributed by atoms with van der Waals surface area (Å²) >= 11 is 0.972. The summed E-state index contributed by atoms with van der Waals surface area (Å²) in [5.41, 5.74) is 1.47. The summed E-state index contributed by atoms with van der Waals surface area (Å²) in [6.45, 7) is 0.185. The number of halogens is 1. The van der Waals surface area contributed by atoms with Gasteiger partial charge in [-0.05, 0) is 0 Å². The van der Waals surface area contributed by atoms with Crippen LogP contribution >= 0.6 is 11.9 Å². The van der Waals surface area contributed by atoms with Gasteiger partial charge in [0.25, 0.3) is 0 Å². The van der Waals surface area contributed by atoms with Gasteiger partial charge >= 0.3 is 0 Å². The highest BCUT2D eigenvalue weighted by Crippen LogP contribution is 2.11. The first-order valence-electron chi connectivity index (χ1n) is 1.48. The van der Waals surface area contributed by atoms with Crippen molar-refractivity contribution in [1.82, 2.24) is 4.53 Å². The van der Waals surface area contributed by atoms with Gasteiger partial charge in [0.05, 0.1) is 5.55 Å². The van der Waals surface area contributed by atoms with E-state index in [0.29, 0.717) is 4.53 Å². The highest BCUT2D eigenvalue weighted by Gasteiger charge is 2.02. The molecule has 4 heteroatoms. The van der Waals surface area contributed by atoms with Crippen molar-refractivity contribution in [3.05, 3.63) is 0 Å².